The number of anilines is 1. The predicted molar refractivity (Wildman–Crippen MR) is 61.9 cm³/mol. The molecule has 88 valence electrons. The van der Waals surface area contributed by atoms with Crippen LogP contribution in [0.3, 0.4) is 0 Å². The fourth-order valence-electron chi connectivity index (χ4n) is 2.01. The lowest BCUT2D eigenvalue weighted by molar-refractivity contribution is 0.136. The largest absolute Gasteiger partial charge is 0.393 e. The van der Waals surface area contributed by atoms with Crippen LogP contribution >= 0.6 is 0 Å². The SMILES string of the molecule is CC(O)C1CCN(c2cnc(CN)cn2)C1. The van der Waals surface area contributed by atoms with Crippen molar-refractivity contribution in [1.29, 1.82) is 0 Å². The summed E-state index contributed by atoms with van der Waals surface area (Å²) in [4.78, 5) is 10.7. The zero-order valence-electron chi connectivity index (χ0n) is 9.50. The van der Waals surface area contributed by atoms with Gasteiger partial charge in [-0.2, -0.15) is 0 Å². The Balaban J connectivity index is 2.03. The third kappa shape index (κ3) is 2.31. The molecule has 0 bridgehead atoms. The molecule has 5 nitrogen and oxygen atoms in total. The third-order valence-electron chi connectivity index (χ3n) is 3.13. The minimum absolute atomic E-state index is 0.249. The fraction of sp³-hybridized carbons (Fsp3) is 0.636. The van der Waals surface area contributed by atoms with Crippen molar-refractivity contribution in [2.24, 2.45) is 11.7 Å². The Morgan fingerprint density at radius 3 is 2.88 bits per heavy atom. The fourth-order valence-corrected chi connectivity index (χ4v) is 2.01. The quantitative estimate of drug-likeness (QED) is 0.761. The van der Waals surface area contributed by atoms with E-state index in [0.717, 1.165) is 31.0 Å². The first-order valence-electron chi connectivity index (χ1n) is 5.64. The lowest BCUT2D eigenvalue weighted by Gasteiger charge is -2.18. The Morgan fingerprint density at radius 2 is 2.38 bits per heavy atom. The highest BCUT2D eigenvalue weighted by Crippen LogP contribution is 2.23. The monoisotopic (exact) mass is 222 g/mol. The third-order valence-corrected chi connectivity index (χ3v) is 3.13. The summed E-state index contributed by atoms with van der Waals surface area (Å²) >= 11 is 0. The van der Waals surface area contributed by atoms with Gasteiger partial charge in [0, 0.05) is 25.6 Å². The van der Waals surface area contributed by atoms with Gasteiger partial charge in [-0.25, -0.2) is 4.98 Å². The van der Waals surface area contributed by atoms with Crippen LogP contribution in [0.5, 0.6) is 0 Å². The molecule has 0 aliphatic carbocycles. The molecule has 1 aliphatic rings. The van der Waals surface area contributed by atoms with Gasteiger partial charge in [0.15, 0.2) is 0 Å². The number of nitrogens with two attached hydrogens (primary N) is 1. The smallest absolute Gasteiger partial charge is 0.147 e. The van der Waals surface area contributed by atoms with Crippen molar-refractivity contribution in [3.8, 4) is 0 Å². The molecular weight excluding hydrogens is 204 g/mol. The van der Waals surface area contributed by atoms with Crippen LogP contribution in [0.25, 0.3) is 0 Å². The van der Waals surface area contributed by atoms with E-state index in [0.29, 0.717) is 12.5 Å². The van der Waals surface area contributed by atoms with Crippen LogP contribution in [0.15, 0.2) is 12.4 Å². The molecule has 2 unspecified atom stereocenters. The van der Waals surface area contributed by atoms with Crippen LogP contribution < -0.4 is 10.6 Å². The van der Waals surface area contributed by atoms with Gasteiger partial charge in [0.1, 0.15) is 5.82 Å². The van der Waals surface area contributed by atoms with Crippen molar-refractivity contribution in [1.82, 2.24) is 9.97 Å². The molecule has 1 aliphatic heterocycles. The van der Waals surface area contributed by atoms with Crippen LogP contribution in [0.4, 0.5) is 5.82 Å². The topological polar surface area (TPSA) is 75.3 Å². The van der Waals surface area contributed by atoms with E-state index in [1.807, 2.05) is 6.92 Å². The molecule has 5 heteroatoms. The van der Waals surface area contributed by atoms with Gasteiger partial charge in [-0.05, 0) is 13.3 Å². The van der Waals surface area contributed by atoms with Crippen LogP contribution in [-0.2, 0) is 6.54 Å². The van der Waals surface area contributed by atoms with E-state index in [4.69, 9.17) is 5.73 Å². The summed E-state index contributed by atoms with van der Waals surface area (Å²) in [5.74, 6) is 1.22. The summed E-state index contributed by atoms with van der Waals surface area (Å²) in [6.07, 6.45) is 4.23. The lowest BCUT2D eigenvalue weighted by atomic mass is 10.0. The van der Waals surface area contributed by atoms with Gasteiger partial charge in [0.2, 0.25) is 0 Å². The number of hydrogen-bond acceptors (Lipinski definition) is 5. The molecule has 1 aromatic heterocycles. The van der Waals surface area contributed by atoms with E-state index >= 15 is 0 Å². The van der Waals surface area contributed by atoms with Gasteiger partial charge < -0.3 is 15.7 Å². The molecule has 0 saturated carbocycles. The lowest BCUT2D eigenvalue weighted by Crippen LogP contribution is -2.24. The van der Waals surface area contributed by atoms with Crippen LogP contribution in [0.1, 0.15) is 19.0 Å². The van der Waals surface area contributed by atoms with Gasteiger partial charge in [-0.3, -0.25) is 4.98 Å². The summed E-state index contributed by atoms with van der Waals surface area (Å²) in [7, 11) is 0. The molecule has 1 fully saturated rings. The van der Waals surface area contributed by atoms with Crippen LogP contribution in [0, 0.1) is 5.92 Å². The van der Waals surface area contributed by atoms with Crippen molar-refractivity contribution >= 4 is 5.82 Å². The van der Waals surface area contributed by atoms with E-state index in [-0.39, 0.29) is 6.10 Å². The number of hydrogen-bond donors (Lipinski definition) is 2. The van der Waals surface area contributed by atoms with Crippen LogP contribution in [-0.4, -0.2) is 34.3 Å². The molecule has 2 rings (SSSR count). The molecule has 0 amide bonds. The predicted octanol–water partition coefficient (Wildman–Crippen LogP) is 0.142. The highest BCUT2D eigenvalue weighted by atomic mass is 16.3. The highest BCUT2D eigenvalue weighted by molar-refractivity contribution is 5.37. The second-order valence-corrected chi connectivity index (χ2v) is 4.31. The van der Waals surface area contributed by atoms with E-state index in [9.17, 15) is 5.11 Å². The summed E-state index contributed by atoms with van der Waals surface area (Å²) in [5.41, 5.74) is 6.27. The van der Waals surface area contributed by atoms with Gasteiger partial charge in [0.25, 0.3) is 0 Å². The van der Waals surface area contributed by atoms with E-state index in [1.165, 1.54) is 0 Å². The van der Waals surface area contributed by atoms with Crippen molar-refractivity contribution < 1.29 is 5.11 Å². The second-order valence-electron chi connectivity index (χ2n) is 4.31. The second kappa shape index (κ2) is 4.76. The number of rotatable bonds is 3. The van der Waals surface area contributed by atoms with Crippen molar-refractivity contribution in [2.75, 3.05) is 18.0 Å². The Morgan fingerprint density at radius 1 is 1.56 bits per heavy atom. The Labute approximate surface area is 95.3 Å². The first kappa shape index (κ1) is 11.3. The van der Waals surface area contributed by atoms with E-state index in [2.05, 4.69) is 14.9 Å². The van der Waals surface area contributed by atoms with Gasteiger partial charge in [0.05, 0.1) is 24.2 Å². The minimum atomic E-state index is -0.249. The molecule has 3 N–H and O–H groups in total. The molecule has 1 aromatic rings. The molecule has 16 heavy (non-hydrogen) atoms. The number of aliphatic hydroxyl groups is 1. The standard InChI is InChI=1S/C11H18N4O/c1-8(16)9-2-3-15(7-9)11-6-13-10(4-12)5-14-11/h5-6,8-9,16H,2-4,7,12H2,1H3. The van der Waals surface area contributed by atoms with Crippen molar-refractivity contribution in [3.63, 3.8) is 0 Å². The summed E-state index contributed by atoms with van der Waals surface area (Å²) < 4.78 is 0. The Kier molecular flexibility index (Phi) is 3.36. The maximum atomic E-state index is 9.52. The molecule has 0 radical (unpaired) electrons. The molecule has 1 saturated heterocycles. The van der Waals surface area contributed by atoms with Gasteiger partial charge >= 0.3 is 0 Å². The number of aliphatic hydroxyl groups excluding tert-OH is 1. The minimum Gasteiger partial charge on any atom is -0.393 e. The summed E-state index contributed by atoms with van der Waals surface area (Å²) in [5, 5.41) is 9.52. The molecule has 2 atom stereocenters. The summed E-state index contributed by atoms with van der Waals surface area (Å²) in [6.45, 7) is 4.06. The maximum Gasteiger partial charge on any atom is 0.147 e. The Bertz CT molecular complexity index is 338. The Hall–Kier alpha value is -1.20. The van der Waals surface area contributed by atoms with Gasteiger partial charge in [-0.15, -0.1) is 0 Å². The van der Waals surface area contributed by atoms with Gasteiger partial charge in [-0.1, -0.05) is 0 Å². The number of aromatic nitrogens is 2. The van der Waals surface area contributed by atoms with E-state index < -0.39 is 0 Å². The normalized spacial score (nSPS) is 22.4. The average molecular weight is 222 g/mol. The van der Waals surface area contributed by atoms with Crippen molar-refractivity contribution in [2.45, 2.75) is 26.0 Å². The van der Waals surface area contributed by atoms with Crippen LogP contribution in [0.2, 0.25) is 0 Å². The highest BCUT2D eigenvalue weighted by Gasteiger charge is 2.26. The zero-order chi connectivity index (χ0) is 11.5. The zero-order valence-corrected chi connectivity index (χ0v) is 9.50. The van der Waals surface area contributed by atoms with Crippen molar-refractivity contribution in [3.05, 3.63) is 18.1 Å². The molecular formula is C11H18N4O. The summed E-state index contributed by atoms with van der Waals surface area (Å²) in [6, 6.07) is 0. The average Bonchev–Trinajstić information content (AvgIpc) is 2.78. The first-order valence-corrected chi connectivity index (χ1v) is 5.64. The number of nitrogens with zero attached hydrogens (tertiary/aromatic N) is 3. The first-order chi connectivity index (χ1) is 7.70. The maximum absolute atomic E-state index is 9.52. The molecule has 2 heterocycles. The molecule has 0 aromatic carbocycles. The van der Waals surface area contributed by atoms with E-state index in [1.54, 1.807) is 12.4 Å². The molecule has 0 spiro atoms.